The van der Waals surface area contributed by atoms with Crippen LogP contribution < -0.4 is 10.1 Å². The van der Waals surface area contributed by atoms with E-state index in [1.165, 1.54) is 18.4 Å². The van der Waals surface area contributed by atoms with E-state index in [9.17, 15) is 0 Å². The van der Waals surface area contributed by atoms with E-state index in [0.29, 0.717) is 12.6 Å². The number of nitrogens with zero attached hydrogens (tertiary/aromatic N) is 1. The third kappa shape index (κ3) is 3.58. The second-order valence-corrected chi connectivity index (χ2v) is 5.88. The minimum absolute atomic E-state index is 0.557. The van der Waals surface area contributed by atoms with Crippen molar-refractivity contribution in [2.45, 2.75) is 32.0 Å². The molecule has 2 aromatic rings. The van der Waals surface area contributed by atoms with Gasteiger partial charge in [0.05, 0.1) is 4.47 Å². The summed E-state index contributed by atoms with van der Waals surface area (Å²) in [6.45, 7) is 1.41. The van der Waals surface area contributed by atoms with Crippen molar-refractivity contribution in [3.63, 3.8) is 0 Å². The highest BCUT2D eigenvalue weighted by molar-refractivity contribution is 9.10. The topological polar surface area (TPSA) is 34.1 Å². The Morgan fingerprint density at radius 3 is 2.75 bits per heavy atom. The summed E-state index contributed by atoms with van der Waals surface area (Å²) in [5.41, 5.74) is 2.32. The maximum Gasteiger partial charge on any atom is 0.138 e. The van der Waals surface area contributed by atoms with Gasteiger partial charge in [-0.15, -0.1) is 0 Å². The highest BCUT2D eigenvalue weighted by Crippen LogP contribution is 2.30. The molecule has 1 aromatic carbocycles. The first kappa shape index (κ1) is 13.6. The first-order valence-electron chi connectivity index (χ1n) is 6.85. The molecular weight excluding hydrogens is 316 g/mol. The second kappa shape index (κ2) is 6.37. The van der Waals surface area contributed by atoms with Crippen LogP contribution in [-0.2, 0) is 13.2 Å². The van der Waals surface area contributed by atoms with Gasteiger partial charge in [0.2, 0.25) is 0 Å². The monoisotopic (exact) mass is 332 g/mol. The van der Waals surface area contributed by atoms with Gasteiger partial charge in [-0.1, -0.05) is 12.1 Å². The Kier molecular flexibility index (Phi) is 4.33. The van der Waals surface area contributed by atoms with Crippen LogP contribution in [0.1, 0.15) is 24.0 Å². The number of halogens is 1. The van der Waals surface area contributed by atoms with E-state index in [0.717, 1.165) is 22.3 Å². The molecule has 0 unspecified atom stereocenters. The number of rotatable bonds is 6. The van der Waals surface area contributed by atoms with Crippen LogP contribution in [0.3, 0.4) is 0 Å². The van der Waals surface area contributed by atoms with E-state index in [1.807, 2.05) is 24.3 Å². The first-order valence-corrected chi connectivity index (χ1v) is 7.65. The average Bonchev–Trinajstić information content (AvgIpc) is 3.29. The van der Waals surface area contributed by atoms with E-state index >= 15 is 0 Å². The summed E-state index contributed by atoms with van der Waals surface area (Å²) in [6, 6.07) is 10.8. The standard InChI is InChI=1S/C16H17BrN2O/c17-15-3-1-2-13(10-19-14-4-5-14)16(15)20-11-12-6-8-18-9-7-12/h1-3,6-9,14,19H,4-5,10-11H2. The van der Waals surface area contributed by atoms with Crippen molar-refractivity contribution in [1.29, 1.82) is 0 Å². The Hall–Kier alpha value is -1.39. The highest BCUT2D eigenvalue weighted by atomic mass is 79.9. The van der Waals surface area contributed by atoms with E-state index < -0.39 is 0 Å². The van der Waals surface area contributed by atoms with E-state index in [2.05, 4.69) is 32.3 Å². The van der Waals surface area contributed by atoms with Crippen molar-refractivity contribution < 1.29 is 4.74 Å². The number of nitrogens with one attached hydrogen (secondary N) is 1. The molecule has 0 bridgehead atoms. The molecule has 1 aliphatic carbocycles. The maximum absolute atomic E-state index is 5.99. The van der Waals surface area contributed by atoms with Gasteiger partial charge in [0.15, 0.2) is 0 Å². The van der Waals surface area contributed by atoms with Crippen LogP contribution >= 0.6 is 15.9 Å². The third-order valence-corrected chi connectivity index (χ3v) is 3.96. The molecule has 1 aliphatic rings. The van der Waals surface area contributed by atoms with Gasteiger partial charge in [-0.3, -0.25) is 4.98 Å². The molecule has 3 nitrogen and oxygen atoms in total. The lowest BCUT2D eigenvalue weighted by Gasteiger charge is -2.14. The SMILES string of the molecule is Brc1cccc(CNC2CC2)c1OCc1ccncc1. The largest absolute Gasteiger partial charge is 0.487 e. The van der Waals surface area contributed by atoms with Crippen LogP contribution in [0.2, 0.25) is 0 Å². The van der Waals surface area contributed by atoms with Gasteiger partial charge < -0.3 is 10.1 Å². The van der Waals surface area contributed by atoms with Crippen molar-refractivity contribution in [3.05, 3.63) is 58.3 Å². The summed E-state index contributed by atoms with van der Waals surface area (Å²) in [7, 11) is 0. The molecule has 0 aliphatic heterocycles. The third-order valence-electron chi connectivity index (χ3n) is 3.34. The van der Waals surface area contributed by atoms with E-state index in [1.54, 1.807) is 12.4 Å². The molecule has 0 radical (unpaired) electrons. The Balaban J connectivity index is 1.69. The van der Waals surface area contributed by atoms with Crippen molar-refractivity contribution in [1.82, 2.24) is 10.3 Å². The maximum atomic E-state index is 5.99. The summed E-state index contributed by atoms with van der Waals surface area (Å²) in [5.74, 6) is 0.928. The Labute approximate surface area is 127 Å². The van der Waals surface area contributed by atoms with Gasteiger partial charge in [-0.2, -0.15) is 0 Å². The Morgan fingerprint density at radius 1 is 1.20 bits per heavy atom. The summed E-state index contributed by atoms with van der Waals surface area (Å²) in [6.07, 6.45) is 6.16. The zero-order valence-corrected chi connectivity index (χ0v) is 12.8. The van der Waals surface area contributed by atoms with Crippen LogP contribution in [-0.4, -0.2) is 11.0 Å². The second-order valence-electron chi connectivity index (χ2n) is 5.03. The Bertz CT molecular complexity index is 570. The van der Waals surface area contributed by atoms with Crippen LogP contribution in [0, 0.1) is 0 Å². The summed E-state index contributed by atoms with van der Waals surface area (Å²) < 4.78 is 6.99. The normalized spacial score (nSPS) is 14.2. The lowest BCUT2D eigenvalue weighted by Crippen LogP contribution is -2.16. The number of aromatic nitrogens is 1. The fraction of sp³-hybridized carbons (Fsp3) is 0.312. The van der Waals surface area contributed by atoms with Gasteiger partial charge in [0.1, 0.15) is 12.4 Å². The van der Waals surface area contributed by atoms with Crippen LogP contribution in [0.25, 0.3) is 0 Å². The Morgan fingerprint density at radius 2 is 2.00 bits per heavy atom. The number of hydrogen-bond donors (Lipinski definition) is 1. The molecule has 0 spiro atoms. The summed E-state index contributed by atoms with van der Waals surface area (Å²) in [5, 5.41) is 3.53. The lowest BCUT2D eigenvalue weighted by atomic mass is 10.2. The predicted octanol–water partition coefficient (Wildman–Crippen LogP) is 3.68. The molecule has 0 amide bonds. The zero-order valence-electron chi connectivity index (χ0n) is 11.2. The van der Waals surface area contributed by atoms with E-state index in [-0.39, 0.29) is 0 Å². The minimum atomic E-state index is 0.557. The van der Waals surface area contributed by atoms with Gasteiger partial charge in [-0.05, 0) is 52.5 Å². The minimum Gasteiger partial charge on any atom is -0.487 e. The summed E-state index contributed by atoms with van der Waals surface area (Å²) in [4.78, 5) is 4.02. The number of para-hydroxylation sites is 1. The van der Waals surface area contributed by atoms with Gasteiger partial charge in [-0.25, -0.2) is 0 Å². The fourth-order valence-electron chi connectivity index (χ4n) is 2.03. The number of ether oxygens (including phenoxy) is 1. The fourth-order valence-corrected chi connectivity index (χ4v) is 2.55. The lowest BCUT2D eigenvalue weighted by molar-refractivity contribution is 0.300. The number of benzene rings is 1. The van der Waals surface area contributed by atoms with Gasteiger partial charge in [0, 0.05) is 30.5 Å². The molecule has 20 heavy (non-hydrogen) atoms. The van der Waals surface area contributed by atoms with Gasteiger partial charge in [0.25, 0.3) is 0 Å². The zero-order chi connectivity index (χ0) is 13.8. The number of pyridine rings is 1. The average molecular weight is 333 g/mol. The van der Waals surface area contributed by atoms with Crippen LogP contribution in [0.4, 0.5) is 0 Å². The van der Waals surface area contributed by atoms with E-state index in [4.69, 9.17) is 4.74 Å². The van der Waals surface area contributed by atoms with Gasteiger partial charge >= 0.3 is 0 Å². The van der Waals surface area contributed by atoms with Crippen molar-refractivity contribution in [3.8, 4) is 5.75 Å². The highest BCUT2D eigenvalue weighted by Gasteiger charge is 2.21. The molecule has 104 valence electrons. The van der Waals surface area contributed by atoms with Crippen LogP contribution in [0.15, 0.2) is 47.2 Å². The molecule has 0 atom stereocenters. The smallest absolute Gasteiger partial charge is 0.138 e. The van der Waals surface area contributed by atoms with Crippen molar-refractivity contribution in [2.75, 3.05) is 0 Å². The number of hydrogen-bond acceptors (Lipinski definition) is 3. The van der Waals surface area contributed by atoms with Crippen molar-refractivity contribution >= 4 is 15.9 Å². The molecular formula is C16H17BrN2O. The van der Waals surface area contributed by atoms with Crippen molar-refractivity contribution in [2.24, 2.45) is 0 Å². The molecule has 4 heteroatoms. The molecule has 1 N–H and O–H groups in total. The predicted molar refractivity (Wildman–Crippen MR) is 82.6 cm³/mol. The summed E-state index contributed by atoms with van der Waals surface area (Å²) >= 11 is 3.58. The molecule has 1 heterocycles. The first-order chi connectivity index (χ1) is 9.83. The molecule has 1 fully saturated rings. The quantitative estimate of drug-likeness (QED) is 0.876. The van der Waals surface area contributed by atoms with Crippen LogP contribution in [0.5, 0.6) is 5.75 Å². The molecule has 0 saturated heterocycles. The molecule has 1 aromatic heterocycles. The molecule has 3 rings (SSSR count). The molecule has 1 saturated carbocycles.